The van der Waals surface area contributed by atoms with Gasteiger partial charge in [0.05, 0.1) is 6.42 Å². The highest BCUT2D eigenvalue weighted by Crippen LogP contribution is 2.51. The van der Waals surface area contributed by atoms with Gasteiger partial charge in [-0.3, -0.25) is 4.79 Å². The van der Waals surface area contributed by atoms with E-state index in [1.54, 1.807) is 0 Å². The van der Waals surface area contributed by atoms with E-state index in [4.69, 9.17) is 10.8 Å². The van der Waals surface area contributed by atoms with E-state index in [0.717, 1.165) is 25.7 Å². The van der Waals surface area contributed by atoms with Crippen molar-refractivity contribution < 1.29 is 9.90 Å². The molecular formula is C13H25NO2. The highest BCUT2D eigenvalue weighted by atomic mass is 16.4. The van der Waals surface area contributed by atoms with E-state index in [0.29, 0.717) is 5.41 Å². The van der Waals surface area contributed by atoms with Crippen molar-refractivity contribution in [1.82, 2.24) is 0 Å². The largest absolute Gasteiger partial charge is 0.481 e. The molecule has 3 N–H and O–H groups in total. The Kier molecular flexibility index (Phi) is 3.39. The lowest BCUT2D eigenvalue weighted by atomic mass is 9.57. The average molecular weight is 227 g/mol. The predicted molar refractivity (Wildman–Crippen MR) is 65.2 cm³/mol. The maximum Gasteiger partial charge on any atom is 0.303 e. The Morgan fingerprint density at radius 3 is 2.00 bits per heavy atom. The van der Waals surface area contributed by atoms with Crippen LogP contribution < -0.4 is 5.73 Å². The minimum Gasteiger partial charge on any atom is -0.481 e. The second-order valence-electron chi connectivity index (χ2n) is 6.74. The maximum absolute atomic E-state index is 11.0. The van der Waals surface area contributed by atoms with E-state index in [9.17, 15) is 4.79 Å². The van der Waals surface area contributed by atoms with Crippen LogP contribution in [0.2, 0.25) is 0 Å². The van der Waals surface area contributed by atoms with Crippen LogP contribution in [-0.4, -0.2) is 16.6 Å². The molecule has 0 aromatic rings. The van der Waals surface area contributed by atoms with Crippen molar-refractivity contribution >= 4 is 5.97 Å². The van der Waals surface area contributed by atoms with Gasteiger partial charge in [0, 0.05) is 5.54 Å². The van der Waals surface area contributed by atoms with E-state index in [-0.39, 0.29) is 11.8 Å². The number of aliphatic carboxylic acids is 1. The van der Waals surface area contributed by atoms with Gasteiger partial charge in [0.1, 0.15) is 0 Å². The molecule has 0 unspecified atom stereocenters. The summed E-state index contributed by atoms with van der Waals surface area (Å²) in [4.78, 5) is 11.0. The first-order valence-corrected chi connectivity index (χ1v) is 6.09. The van der Waals surface area contributed by atoms with Gasteiger partial charge in [0.15, 0.2) is 0 Å². The average Bonchev–Trinajstić information content (AvgIpc) is 2.06. The van der Waals surface area contributed by atoms with Crippen LogP contribution in [0.4, 0.5) is 0 Å². The van der Waals surface area contributed by atoms with Gasteiger partial charge in [0.2, 0.25) is 0 Å². The Balaban J connectivity index is 2.87. The highest BCUT2D eigenvalue weighted by Gasteiger charge is 2.47. The van der Waals surface area contributed by atoms with E-state index in [1.165, 1.54) is 0 Å². The Morgan fingerprint density at radius 2 is 1.69 bits per heavy atom. The first kappa shape index (κ1) is 13.5. The van der Waals surface area contributed by atoms with Crippen LogP contribution in [0.25, 0.3) is 0 Å². The third-order valence-electron chi connectivity index (χ3n) is 4.42. The molecule has 0 heterocycles. The SMILES string of the molecule is CC1(C)CCC(CC(=O)O)(C(C)(C)N)CC1. The molecule has 0 spiro atoms. The van der Waals surface area contributed by atoms with Crippen LogP contribution in [0, 0.1) is 10.8 Å². The second-order valence-corrected chi connectivity index (χ2v) is 6.74. The smallest absolute Gasteiger partial charge is 0.303 e. The van der Waals surface area contributed by atoms with Crippen molar-refractivity contribution in [1.29, 1.82) is 0 Å². The minimum absolute atomic E-state index is 0.201. The quantitative estimate of drug-likeness (QED) is 0.779. The zero-order chi connectivity index (χ0) is 12.6. The first-order valence-electron chi connectivity index (χ1n) is 6.09. The lowest BCUT2D eigenvalue weighted by Crippen LogP contribution is -2.54. The summed E-state index contributed by atoms with van der Waals surface area (Å²) in [5, 5.41) is 9.07. The summed E-state index contributed by atoms with van der Waals surface area (Å²) in [6.45, 7) is 8.44. The van der Waals surface area contributed by atoms with Crippen LogP contribution in [0.15, 0.2) is 0 Å². The van der Waals surface area contributed by atoms with Crippen LogP contribution in [0.5, 0.6) is 0 Å². The molecule has 0 atom stereocenters. The van der Waals surface area contributed by atoms with Gasteiger partial charge in [-0.15, -0.1) is 0 Å². The molecule has 0 amide bonds. The Labute approximate surface area is 98.4 Å². The summed E-state index contributed by atoms with van der Waals surface area (Å²) in [6.07, 6.45) is 4.19. The molecule has 0 bridgehead atoms. The van der Waals surface area contributed by atoms with Crippen molar-refractivity contribution in [3.05, 3.63) is 0 Å². The van der Waals surface area contributed by atoms with Gasteiger partial charge in [-0.25, -0.2) is 0 Å². The highest BCUT2D eigenvalue weighted by molar-refractivity contribution is 5.68. The van der Waals surface area contributed by atoms with E-state index >= 15 is 0 Å². The number of hydrogen-bond donors (Lipinski definition) is 2. The van der Waals surface area contributed by atoms with Crippen LogP contribution >= 0.6 is 0 Å². The summed E-state index contributed by atoms with van der Waals surface area (Å²) >= 11 is 0. The van der Waals surface area contributed by atoms with Crippen molar-refractivity contribution in [2.24, 2.45) is 16.6 Å². The lowest BCUT2D eigenvalue weighted by molar-refractivity contribution is -0.142. The predicted octanol–water partition coefficient (Wildman–Crippen LogP) is 2.79. The monoisotopic (exact) mass is 227 g/mol. The molecule has 1 aliphatic carbocycles. The molecule has 0 radical (unpaired) electrons. The topological polar surface area (TPSA) is 63.3 Å². The minimum atomic E-state index is -0.724. The number of hydrogen-bond acceptors (Lipinski definition) is 2. The van der Waals surface area contributed by atoms with Gasteiger partial charge in [-0.2, -0.15) is 0 Å². The van der Waals surface area contributed by atoms with Crippen molar-refractivity contribution in [2.45, 2.75) is 65.3 Å². The Hall–Kier alpha value is -0.570. The lowest BCUT2D eigenvalue weighted by Gasteiger charge is -2.50. The van der Waals surface area contributed by atoms with E-state index in [1.807, 2.05) is 13.8 Å². The van der Waals surface area contributed by atoms with Crippen LogP contribution in [0.3, 0.4) is 0 Å². The van der Waals surface area contributed by atoms with Gasteiger partial charge >= 0.3 is 5.97 Å². The summed E-state index contributed by atoms with van der Waals surface area (Å²) in [7, 11) is 0. The van der Waals surface area contributed by atoms with E-state index < -0.39 is 11.5 Å². The van der Waals surface area contributed by atoms with Gasteiger partial charge < -0.3 is 10.8 Å². The van der Waals surface area contributed by atoms with Gasteiger partial charge in [-0.05, 0) is 50.4 Å². The van der Waals surface area contributed by atoms with Crippen molar-refractivity contribution in [3.8, 4) is 0 Å². The molecular weight excluding hydrogens is 202 g/mol. The van der Waals surface area contributed by atoms with Gasteiger partial charge in [-0.1, -0.05) is 13.8 Å². The number of carboxylic acid groups (broad SMARTS) is 1. The molecule has 0 saturated heterocycles. The molecule has 1 aliphatic rings. The number of nitrogens with two attached hydrogens (primary N) is 1. The maximum atomic E-state index is 11.0. The molecule has 0 aliphatic heterocycles. The zero-order valence-electron chi connectivity index (χ0n) is 11.0. The van der Waals surface area contributed by atoms with Crippen molar-refractivity contribution in [2.75, 3.05) is 0 Å². The molecule has 0 aromatic heterocycles. The summed E-state index contributed by atoms with van der Waals surface area (Å²) in [5.41, 5.74) is 5.92. The normalized spacial score (nSPS) is 24.1. The number of rotatable bonds is 3. The molecule has 1 fully saturated rings. The molecule has 1 rings (SSSR count). The Bertz CT molecular complexity index is 266. The summed E-state index contributed by atoms with van der Waals surface area (Å²) < 4.78 is 0. The molecule has 0 aromatic carbocycles. The molecule has 94 valence electrons. The fourth-order valence-electron chi connectivity index (χ4n) is 2.74. The van der Waals surface area contributed by atoms with Crippen molar-refractivity contribution in [3.63, 3.8) is 0 Å². The van der Waals surface area contributed by atoms with E-state index in [2.05, 4.69) is 13.8 Å². The fourth-order valence-corrected chi connectivity index (χ4v) is 2.74. The molecule has 3 nitrogen and oxygen atoms in total. The molecule has 1 saturated carbocycles. The number of carbonyl (C=O) groups is 1. The first-order chi connectivity index (χ1) is 7.08. The number of carboxylic acids is 1. The molecule has 16 heavy (non-hydrogen) atoms. The van der Waals surface area contributed by atoms with Gasteiger partial charge in [0.25, 0.3) is 0 Å². The van der Waals surface area contributed by atoms with Crippen LogP contribution in [-0.2, 0) is 4.79 Å². The zero-order valence-corrected chi connectivity index (χ0v) is 11.0. The third kappa shape index (κ3) is 2.76. The summed E-state index contributed by atoms with van der Waals surface area (Å²) in [6, 6.07) is 0. The van der Waals surface area contributed by atoms with Crippen LogP contribution in [0.1, 0.15) is 59.8 Å². The second kappa shape index (κ2) is 4.02. The third-order valence-corrected chi connectivity index (χ3v) is 4.42. The fraction of sp³-hybridized carbons (Fsp3) is 0.923. The molecule has 3 heteroatoms. The Morgan fingerprint density at radius 1 is 1.25 bits per heavy atom. The standard InChI is InChI=1S/C13H25NO2/c1-11(2)5-7-13(8-6-11,9-10(15)16)12(3,4)14/h5-9,14H2,1-4H3,(H,15,16). The summed E-state index contributed by atoms with van der Waals surface area (Å²) in [5.74, 6) is -0.724.